The Labute approximate surface area is 232 Å². The van der Waals surface area contributed by atoms with Crippen LogP contribution in [0.4, 0.5) is 0 Å². The molecule has 204 valence electrons. The maximum Gasteiger partial charge on any atom is 0.309 e. The molecule has 8 nitrogen and oxygen atoms in total. The molecule has 0 atom stereocenters. The Hall–Kier alpha value is -3.91. The first-order valence-electron chi connectivity index (χ1n) is 12.6. The SMILES string of the molecule is Cn1ccc(COc2ccn3c(C(=O)c4ccc(Cl)cc4)c(CC(C)(C)C(=O)O)c(C(=O)C(C)(C)C)c3c2)n1. The van der Waals surface area contributed by atoms with Gasteiger partial charge in [0.2, 0.25) is 5.78 Å². The first-order chi connectivity index (χ1) is 18.2. The fourth-order valence-electron chi connectivity index (χ4n) is 4.38. The number of Topliss-reactive ketones (excluding diaryl/α,β-unsaturated/α-hetero) is 1. The lowest BCUT2D eigenvalue weighted by Crippen LogP contribution is -2.29. The fourth-order valence-corrected chi connectivity index (χ4v) is 4.50. The number of carboxylic acid groups (broad SMARTS) is 1. The number of halogens is 1. The number of carbonyl (C=O) groups is 3. The Morgan fingerprint density at radius 1 is 1.00 bits per heavy atom. The topological polar surface area (TPSA) is 103 Å². The van der Waals surface area contributed by atoms with Crippen molar-refractivity contribution in [2.24, 2.45) is 17.9 Å². The number of aryl methyl sites for hydroxylation is 1. The second-order valence-corrected chi connectivity index (χ2v) is 11.8. The van der Waals surface area contributed by atoms with Gasteiger partial charge in [0.25, 0.3) is 0 Å². The predicted octanol–water partition coefficient (Wildman–Crippen LogP) is 6.02. The number of fused-ring (bicyclic) bond motifs is 1. The number of hydrogen-bond donors (Lipinski definition) is 1. The number of pyridine rings is 1. The molecule has 0 radical (unpaired) electrons. The fraction of sp³-hybridized carbons (Fsp3) is 0.333. The van der Waals surface area contributed by atoms with E-state index in [1.807, 2.05) is 19.3 Å². The molecule has 39 heavy (non-hydrogen) atoms. The van der Waals surface area contributed by atoms with Crippen LogP contribution in [0, 0.1) is 10.8 Å². The van der Waals surface area contributed by atoms with Gasteiger partial charge in [0, 0.05) is 47.1 Å². The van der Waals surface area contributed by atoms with Gasteiger partial charge in [0.05, 0.1) is 22.3 Å². The molecular formula is C30H32ClN3O5. The van der Waals surface area contributed by atoms with E-state index in [-0.39, 0.29) is 30.3 Å². The number of nitrogens with zero attached hydrogens (tertiary/aromatic N) is 3. The van der Waals surface area contributed by atoms with Crippen LogP contribution in [-0.4, -0.2) is 36.8 Å². The molecule has 3 heterocycles. The maximum absolute atomic E-state index is 14.0. The lowest BCUT2D eigenvalue weighted by atomic mass is 9.79. The normalized spacial score (nSPS) is 12.1. The molecule has 1 N–H and O–H groups in total. The molecule has 0 fully saturated rings. The third-order valence-electron chi connectivity index (χ3n) is 6.59. The van der Waals surface area contributed by atoms with Crippen LogP contribution < -0.4 is 4.74 Å². The molecule has 1 aromatic carbocycles. The van der Waals surface area contributed by atoms with E-state index in [0.717, 1.165) is 5.69 Å². The van der Waals surface area contributed by atoms with Crippen molar-refractivity contribution in [3.63, 3.8) is 0 Å². The largest absolute Gasteiger partial charge is 0.487 e. The van der Waals surface area contributed by atoms with Crippen molar-refractivity contribution in [3.05, 3.63) is 88.0 Å². The first kappa shape index (κ1) is 28.1. The van der Waals surface area contributed by atoms with Crippen LogP contribution >= 0.6 is 11.6 Å². The zero-order chi connectivity index (χ0) is 28.7. The van der Waals surface area contributed by atoms with Gasteiger partial charge in [-0.05, 0) is 62.2 Å². The molecule has 0 amide bonds. The second-order valence-electron chi connectivity index (χ2n) is 11.4. The van der Waals surface area contributed by atoms with Crippen LogP contribution in [-0.2, 0) is 24.9 Å². The molecule has 0 aliphatic carbocycles. The summed E-state index contributed by atoms with van der Waals surface area (Å²) < 4.78 is 9.33. The van der Waals surface area contributed by atoms with Gasteiger partial charge in [0.1, 0.15) is 12.4 Å². The molecule has 4 aromatic rings. The number of rotatable bonds is 9. The van der Waals surface area contributed by atoms with Crippen molar-refractivity contribution in [3.8, 4) is 5.75 Å². The van der Waals surface area contributed by atoms with Gasteiger partial charge in [-0.15, -0.1) is 0 Å². The van der Waals surface area contributed by atoms with E-state index >= 15 is 0 Å². The van der Waals surface area contributed by atoms with Gasteiger partial charge in [-0.2, -0.15) is 5.10 Å². The second kappa shape index (κ2) is 10.3. The van der Waals surface area contributed by atoms with E-state index in [0.29, 0.717) is 33.0 Å². The highest BCUT2D eigenvalue weighted by Gasteiger charge is 2.37. The van der Waals surface area contributed by atoms with E-state index in [1.165, 1.54) is 0 Å². The smallest absolute Gasteiger partial charge is 0.309 e. The average Bonchev–Trinajstić information content (AvgIpc) is 3.41. The quantitative estimate of drug-likeness (QED) is 0.256. The van der Waals surface area contributed by atoms with Crippen LogP contribution in [0.2, 0.25) is 5.02 Å². The lowest BCUT2D eigenvalue weighted by molar-refractivity contribution is -0.146. The van der Waals surface area contributed by atoms with Crippen molar-refractivity contribution in [1.29, 1.82) is 0 Å². The highest BCUT2D eigenvalue weighted by molar-refractivity contribution is 6.30. The van der Waals surface area contributed by atoms with Gasteiger partial charge < -0.3 is 14.2 Å². The minimum absolute atomic E-state index is 0.0278. The third-order valence-corrected chi connectivity index (χ3v) is 6.85. The van der Waals surface area contributed by atoms with Crippen molar-refractivity contribution in [2.45, 2.75) is 47.6 Å². The van der Waals surface area contributed by atoms with Crippen molar-refractivity contribution in [1.82, 2.24) is 14.2 Å². The summed E-state index contributed by atoms with van der Waals surface area (Å²) in [6.07, 6.45) is 3.48. The van der Waals surface area contributed by atoms with Crippen LogP contribution in [0.5, 0.6) is 5.75 Å². The molecule has 0 saturated carbocycles. The van der Waals surface area contributed by atoms with Crippen LogP contribution in [0.25, 0.3) is 5.52 Å². The molecule has 4 rings (SSSR count). The molecule has 0 unspecified atom stereocenters. The summed E-state index contributed by atoms with van der Waals surface area (Å²) in [4.78, 5) is 40.1. The molecule has 0 bridgehead atoms. The monoisotopic (exact) mass is 549 g/mol. The van der Waals surface area contributed by atoms with E-state index in [9.17, 15) is 19.5 Å². The number of ether oxygens (including phenoxy) is 1. The summed E-state index contributed by atoms with van der Waals surface area (Å²) in [5, 5.41) is 14.8. The molecule has 9 heteroatoms. The van der Waals surface area contributed by atoms with Gasteiger partial charge in [0.15, 0.2) is 5.78 Å². The minimum atomic E-state index is -1.24. The lowest BCUT2D eigenvalue weighted by Gasteiger charge is -2.22. The highest BCUT2D eigenvalue weighted by Crippen LogP contribution is 2.37. The number of ketones is 2. The maximum atomic E-state index is 14.0. The number of benzene rings is 1. The van der Waals surface area contributed by atoms with Gasteiger partial charge in [-0.1, -0.05) is 32.4 Å². The van der Waals surface area contributed by atoms with Crippen LogP contribution in [0.1, 0.15) is 72.3 Å². The summed E-state index contributed by atoms with van der Waals surface area (Å²) in [6.45, 7) is 8.78. The predicted molar refractivity (Wildman–Crippen MR) is 149 cm³/mol. The number of aliphatic carboxylic acids is 1. The Bertz CT molecular complexity index is 1570. The molecule has 0 spiro atoms. The summed E-state index contributed by atoms with van der Waals surface area (Å²) in [7, 11) is 1.82. The summed E-state index contributed by atoms with van der Waals surface area (Å²) in [5.74, 6) is -1.08. The van der Waals surface area contributed by atoms with E-state index < -0.39 is 16.8 Å². The van der Waals surface area contributed by atoms with Crippen LogP contribution in [0.3, 0.4) is 0 Å². The average molecular weight is 550 g/mol. The molecule has 0 aliphatic rings. The third kappa shape index (κ3) is 5.76. The van der Waals surface area contributed by atoms with Crippen LogP contribution in [0.15, 0.2) is 54.9 Å². The zero-order valence-electron chi connectivity index (χ0n) is 22.9. The number of aromatic nitrogens is 3. The van der Waals surface area contributed by atoms with Crippen molar-refractivity contribution >= 4 is 34.7 Å². The van der Waals surface area contributed by atoms with Crippen molar-refractivity contribution < 1.29 is 24.2 Å². The molecule has 0 aliphatic heterocycles. The first-order valence-corrected chi connectivity index (χ1v) is 12.9. The molecular weight excluding hydrogens is 518 g/mol. The summed E-state index contributed by atoms with van der Waals surface area (Å²) >= 11 is 6.05. The molecule has 3 aromatic heterocycles. The Morgan fingerprint density at radius 2 is 1.67 bits per heavy atom. The Kier molecular flexibility index (Phi) is 7.45. The van der Waals surface area contributed by atoms with E-state index in [1.54, 1.807) is 86.3 Å². The standard InChI is InChI=1S/C30H32ClN3O5/c1-29(2,3)27(36)24-22(16-30(4,5)28(37)38)25(26(35)18-7-9-19(31)10-8-18)34-14-12-21(15-23(24)34)39-17-20-11-13-33(6)32-20/h7-15H,16-17H2,1-6H3,(H,37,38). The Morgan fingerprint density at radius 3 is 2.23 bits per heavy atom. The summed E-state index contributed by atoms with van der Waals surface area (Å²) in [6, 6.07) is 11.8. The van der Waals surface area contributed by atoms with Gasteiger partial charge in [-0.3, -0.25) is 19.1 Å². The highest BCUT2D eigenvalue weighted by atomic mass is 35.5. The van der Waals surface area contributed by atoms with E-state index in [2.05, 4.69) is 5.10 Å². The number of carbonyl (C=O) groups excluding carboxylic acids is 2. The number of hydrogen-bond acceptors (Lipinski definition) is 5. The zero-order valence-corrected chi connectivity index (χ0v) is 23.7. The molecule has 0 saturated heterocycles. The summed E-state index contributed by atoms with van der Waals surface area (Å²) in [5.41, 5.74) is 0.495. The van der Waals surface area contributed by atoms with Gasteiger partial charge >= 0.3 is 5.97 Å². The van der Waals surface area contributed by atoms with Gasteiger partial charge in [-0.25, -0.2) is 0 Å². The van der Waals surface area contributed by atoms with E-state index in [4.69, 9.17) is 16.3 Å². The van der Waals surface area contributed by atoms with Crippen molar-refractivity contribution in [2.75, 3.05) is 0 Å². The minimum Gasteiger partial charge on any atom is -0.487 e. The Balaban J connectivity index is 1.96. The number of carboxylic acids is 1.